The van der Waals surface area contributed by atoms with E-state index in [0.29, 0.717) is 13.0 Å². The van der Waals surface area contributed by atoms with E-state index in [4.69, 9.17) is 11.6 Å². The fraction of sp³-hybridized carbons (Fsp3) is 0.278. The van der Waals surface area contributed by atoms with Crippen LogP contribution in [-0.2, 0) is 11.3 Å². The Kier molecular flexibility index (Phi) is 5.99. The van der Waals surface area contributed by atoms with Crippen molar-refractivity contribution in [3.63, 3.8) is 0 Å². The first kappa shape index (κ1) is 16.5. The summed E-state index contributed by atoms with van der Waals surface area (Å²) in [6, 6.07) is 13.7. The molecule has 0 bridgehead atoms. The molecule has 0 radical (unpaired) electrons. The van der Waals surface area contributed by atoms with Crippen LogP contribution in [0.2, 0.25) is 5.02 Å². The standard InChI is InChI=1S/C18H21ClN2O/c1-13-9-14(2)11-17(10-13)21-18(22)7-8-20-12-15-3-5-16(19)6-4-15/h3-6,9-11,20H,7-8,12H2,1-2H3,(H,21,22). The monoisotopic (exact) mass is 316 g/mol. The summed E-state index contributed by atoms with van der Waals surface area (Å²) in [5.74, 6) is 0.0219. The molecule has 22 heavy (non-hydrogen) atoms. The molecule has 2 aromatic rings. The van der Waals surface area contributed by atoms with Crippen LogP contribution in [0, 0.1) is 13.8 Å². The highest BCUT2D eigenvalue weighted by atomic mass is 35.5. The van der Waals surface area contributed by atoms with Crippen molar-refractivity contribution in [1.82, 2.24) is 5.32 Å². The third-order valence-corrected chi connectivity index (χ3v) is 3.53. The molecule has 1 amide bonds. The third kappa shape index (κ3) is 5.51. The van der Waals surface area contributed by atoms with E-state index in [9.17, 15) is 4.79 Å². The first-order chi connectivity index (χ1) is 10.5. The van der Waals surface area contributed by atoms with E-state index in [1.54, 1.807) is 0 Å². The smallest absolute Gasteiger partial charge is 0.225 e. The van der Waals surface area contributed by atoms with Gasteiger partial charge in [-0.15, -0.1) is 0 Å². The summed E-state index contributed by atoms with van der Waals surface area (Å²) in [4.78, 5) is 11.9. The van der Waals surface area contributed by atoms with E-state index >= 15 is 0 Å². The minimum absolute atomic E-state index is 0.0219. The van der Waals surface area contributed by atoms with E-state index in [1.807, 2.05) is 50.2 Å². The number of carbonyl (C=O) groups excluding carboxylic acids is 1. The summed E-state index contributed by atoms with van der Waals surface area (Å²) < 4.78 is 0. The van der Waals surface area contributed by atoms with Crippen molar-refractivity contribution < 1.29 is 4.79 Å². The molecule has 3 nitrogen and oxygen atoms in total. The molecule has 4 heteroatoms. The van der Waals surface area contributed by atoms with Crippen LogP contribution in [0.25, 0.3) is 0 Å². The van der Waals surface area contributed by atoms with Gasteiger partial charge in [0.05, 0.1) is 0 Å². The molecule has 0 aliphatic heterocycles. The normalized spacial score (nSPS) is 10.5. The largest absolute Gasteiger partial charge is 0.326 e. The summed E-state index contributed by atoms with van der Waals surface area (Å²) in [6.07, 6.45) is 0.445. The molecule has 0 fully saturated rings. The minimum Gasteiger partial charge on any atom is -0.326 e. The highest BCUT2D eigenvalue weighted by molar-refractivity contribution is 6.30. The van der Waals surface area contributed by atoms with Crippen molar-refractivity contribution >= 4 is 23.2 Å². The van der Waals surface area contributed by atoms with Crippen LogP contribution < -0.4 is 10.6 Å². The minimum atomic E-state index is 0.0219. The van der Waals surface area contributed by atoms with Gasteiger partial charge in [-0.05, 0) is 54.8 Å². The van der Waals surface area contributed by atoms with Crippen LogP contribution in [0.15, 0.2) is 42.5 Å². The molecular formula is C18H21ClN2O. The summed E-state index contributed by atoms with van der Waals surface area (Å²) >= 11 is 5.84. The topological polar surface area (TPSA) is 41.1 Å². The predicted octanol–water partition coefficient (Wildman–Crippen LogP) is 4.08. The molecule has 116 valence electrons. The second-order valence-corrected chi connectivity index (χ2v) is 5.91. The van der Waals surface area contributed by atoms with Crippen LogP contribution >= 0.6 is 11.6 Å². The lowest BCUT2D eigenvalue weighted by atomic mass is 10.1. The fourth-order valence-corrected chi connectivity index (χ4v) is 2.43. The fourth-order valence-electron chi connectivity index (χ4n) is 2.31. The van der Waals surface area contributed by atoms with Crippen molar-refractivity contribution in [2.75, 3.05) is 11.9 Å². The SMILES string of the molecule is Cc1cc(C)cc(NC(=O)CCNCc2ccc(Cl)cc2)c1. The number of carbonyl (C=O) groups is 1. The van der Waals surface area contributed by atoms with Gasteiger partial charge in [0.15, 0.2) is 0 Å². The van der Waals surface area contributed by atoms with Gasteiger partial charge in [-0.2, -0.15) is 0 Å². The van der Waals surface area contributed by atoms with Crippen LogP contribution in [0.1, 0.15) is 23.1 Å². The summed E-state index contributed by atoms with van der Waals surface area (Å²) in [5.41, 5.74) is 4.31. The molecule has 0 spiro atoms. The Labute approximate surface area is 136 Å². The molecule has 0 atom stereocenters. The first-order valence-corrected chi connectivity index (χ1v) is 7.74. The van der Waals surface area contributed by atoms with Gasteiger partial charge in [-0.25, -0.2) is 0 Å². The number of hydrogen-bond acceptors (Lipinski definition) is 2. The number of nitrogens with one attached hydrogen (secondary N) is 2. The number of benzene rings is 2. The van der Waals surface area contributed by atoms with Gasteiger partial charge in [0.2, 0.25) is 5.91 Å². The molecule has 0 unspecified atom stereocenters. The lowest BCUT2D eigenvalue weighted by Gasteiger charge is -2.08. The maximum absolute atomic E-state index is 11.9. The van der Waals surface area contributed by atoms with Crippen LogP contribution in [-0.4, -0.2) is 12.5 Å². The zero-order valence-electron chi connectivity index (χ0n) is 12.9. The van der Waals surface area contributed by atoms with Crippen molar-refractivity contribution in [1.29, 1.82) is 0 Å². The zero-order chi connectivity index (χ0) is 15.9. The van der Waals surface area contributed by atoms with Crippen molar-refractivity contribution in [2.45, 2.75) is 26.8 Å². The number of hydrogen-bond donors (Lipinski definition) is 2. The number of amides is 1. The lowest BCUT2D eigenvalue weighted by molar-refractivity contribution is -0.116. The quantitative estimate of drug-likeness (QED) is 0.789. The summed E-state index contributed by atoms with van der Waals surface area (Å²) in [5, 5.41) is 6.92. The molecule has 0 saturated heterocycles. The lowest BCUT2D eigenvalue weighted by Crippen LogP contribution is -2.21. The molecule has 2 rings (SSSR count). The summed E-state index contributed by atoms with van der Waals surface area (Å²) in [6.45, 7) is 5.42. The Morgan fingerprint density at radius 2 is 1.68 bits per heavy atom. The number of anilines is 1. The molecule has 2 N–H and O–H groups in total. The Balaban J connectivity index is 1.72. The van der Waals surface area contributed by atoms with Gasteiger partial charge >= 0.3 is 0 Å². The van der Waals surface area contributed by atoms with Gasteiger partial charge < -0.3 is 10.6 Å². The first-order valence-electron chi connectivity index (χ1n) is 7.36. The van der Waals surface area contributed by atoms with Crippen LogP contribution in [0.4, 0.5) is 5.69 Å². The second kappa shape index (κ2) is 7.97. The number of halogens is 1. The van der Waals surface area contributed by atoms with E-state index in [1.165, 1.54) is 0 Å². The summed E-state index contributed by atoms with van der Waals surface area (Å²) in [7, 11) is 0. The number of aryl methyl sites for hydroxylation is 2. The number of rotatable bonds is 6. The Morgan fingerprint density at radius 1 is 1.05 bits per heavy atom. The second-order valence-electron chi connectivity index (χ2n) is 5.48. The third-order valence-electron chi connectivity index (χ3n) is 3.28. The molecule has 0 heterocycles. The van der Waals surface area contributed by atoms with Crippen molar-refractivity contribution in [3.8, 4) is 0 Å². The Hall–Kier alpha value is -1.84. The van der Waals surface area contributed by atoms with Gasteiger partial charge in [0, 0.05) is 30.2 Å². The average molecular weight is 317 g/mol. The van der Waals surface area contributed by atoms with Crippen molar-refractivity contribution in [2.24, 2.45) is 0 Å². The maximum atomic E-state index is 11.9. The molecule has 0 aliphatic carbocycles. The molecule has 0 aliphatic rings. The van der Waals surface area contributed by atoms with Crippen LogP contribution in [0.3, 0.4) is 0 Å². The zero-order valence-corrected chi connectivity index (χ0v) is 13.7. The molecule has 2 aromatic carbocycles. The predicted molar refractivity (Wildman–Crippen MR) is 92.3 cm³/mol. The Bertz CT molecular complexity index is 618. The van der Waals surface area contributed by atoms with Gasteiger partial charge in [0.1, 0.15) is 0 Å². The van der Waals surface area contributed by atoms with Gasteiger partial charge in [-0.1, -0.05) is 29.8 Å². The van der Waals surface area contributed by atoms with Crippen LogP contribution in [0.5, 0.6) is 0 Å². The Morgan fingerprint density at radius 3 is 2.32 bits per heavy atom. The highest BCUT2D eigenvalue weighted by Gasteiger charge is 2.03. The van der Waals surface area contributed by atoms with Crippen molar-refractivity contribution in [3.05, 3.63) is 64.2 Å². The van der Waals surface area contributed by atoms with E-state index in [2.05, 4.69) is 16.7 Å². The van der Waals surface area contributed by atoms with Gasteiger partial charge in [0.25, 0.3) is 0 Å². The van der Waals surface area contributed by atoms with Gasteiger partial charge in [-0.3, -0.25) is 4.79 Å². The molecule has 0 saturated carbocycles. The molecule has 0 aromatic heterocycles. The average Bonchev–Trinajstić information content (AvgIpc) is 2.44. The van der Waals surface area contributed by atoms with E-state index < -0.39 is 0 Å². The maximum Gasteiger partial charge on any atom is 0.225 e. The van der Waals surface area contributed by atoms with E-state index in [-0.39, 0.29) is 5.91 Å². The molecular weight excluding hydrogens is 296 g/mol. The highest BCUT2D eigenvalue weighted by Crippen LogP contribution is 2.14. The van der Waals surface area contributed by atoms with E-state index in [0.717, 1.165) is 33.9 Å².